The molecule has 1 aliphatic heterocycles. The van der Waals surface area contributed by atoms with Crippen molar-refractivity contribution >= 4 is 16.6 Å². The van der Waals surface area contributed by atoms with Gasteiger partial charge in [0.1, 0.15) is 0 Å². The maximum absolute atomic E-state index is 5.46. The maximum Gasteiger partial charge on any atom is 0.0722 e. The molecule has 4 heteroatoms. The van der Waals surface area contributed by atoms with Crippen molar-refractivity contribution in [1.82, 2.24) is 9.88 Å². The van der Waals surface area contributed by atoms with Crippen molar-refractivity contribution in [1.29, 1.82) is 0 Å². The number of ether oxygens (including phenoxy) is 1. The van der Waals surface area contributed by atoms with Crippen LogP contribution in [-0.4, -0.2) is 36.2 Å². The molecule has 0 radical (unpaired) electrons. The van der Waals surface area contributed by atoms with Crippen LogP contribution in [0.5, 0.6) is 0 Å². The molecule has 3 aromatic rings. The standard InChI is InChI=1S/C22H25N3O/c1-17-6-7-21-20(14-17)22(8-9-23-21)24-15-18-4-2-3-5-19(18)16-25-10-12-26-13-11-25/h2-9,14H,10-13,15-16H2,1H3,(H,23,24). The summed E-state index contributed by atoms with van der Waals surface area (Å²) in [5.41, 5.74) is 6.15. The van der Waals surface area contributed by atoms with Gasteiger partial charge < -0.3 is 10.1 Å². The van der Waals surface area contributed by atoms with E-state index in [9.17, 15) is 0 Å². The molecule has 0 amide bonds. The van der Waals surface area contributed by atoms with Crippen LogP contribution < -0.4 is 5.32 Å². The van der Waals surface area contributed by atoms with Crippen LogP contribution in [0.3, 0.4) is 0 Å². The topological polar surface area (TPSA) is 37.4 Å². The molecule has 4 nitrogen and oxygen atoms in total. The lowest BCUT2D eigenvalue weighted by Gasteiger charge is -2.27. The molecule has 0 aliphatic carbocycles. The summed E-state index contributed by atoms with van der Waals surface area (Å²) in [5, 5.41) is 4.80. The van der Waals surface area contributed by atoms with Gasteiger partial charge in [-0.05, 0) is 36.2 Å². The van der Waals surface area contributed by atoms with E-state index >= 15 is 0 Å². The number of aryl methyl sites for hydroxylation is 1. The Balaban J connectivity index is 1.52. The fraction of sp³-hybridized carbons (Fsp3) is 0.318. The minimum absolute atomic E-state index is 0.813. The van der Waals surface area contributed by atoms with E-state index in [1.165, 1.54) is 22.1 Å². The number of rotatable bonds is 5. The van der Waals surface area contributed by atoms with Gasteiger partial charge >= 0.3 is 0 Å². The summed E-state index contributed by atoms with van der Waals surface area (Å²) in [7, 11) is 0. The monoisotopic (exact) mass is 347 g/mol. The van der Waals surface area contributed by atoms with Gasteiger partial charge in [-0.1, -0.05) is 35.9 Å². The number of benzene rings is 2. The predicted octanol–water partition coefficient (Wildman–Crippen LogP) is 3.99. The number of nitrogens with zero attached hydrogens (tertiary/aromatic N) is 2. The van der Waals surface area contributed by atoms with E-state index in [1.807, 2.05) is 6.20 Å². The Bertz CT molecular complexity index is 887. The molecule has 2 heterocycles. The minimum atomic E-state index is 0.813. The zero-order valence-corrected chi connectivity index (χ0v) is 15.2. The SMILES string of the molecule is Cc1ccc2nccc(NCc3ccccc3CN3CCOCC3)c2c1. The van der Waals surface area contributed by atoms with Crippen LogP contribution in [0, 0.1) is 6.92 Å². The number of morpholine rings is 1. The Morgan fingerprint density at radius 1 is 1.04 bits per heavy atom. The Morgan fingerprint density at radius 2 is 1.85 bits per heavy atom. The van der Waals surface area contributed by atoms with E-state index in [-0.39, 0.29) is 0 Å². The second-order valence-electron chi connectivity index (χ2n) is 6.89. The average molecular weight is 347 g/mol. The highest BCUT2D eigenvalue weighted by molar-refractivity contribution is 5.91. The van der Waals surface area contributed by atoms with Gasteiger partial charge in [0.15, 0.2) is 0 Å². The van der Waals surface area contributed by atoms with Crippen molar-refractivity contribution in [2.24, 2.45) is 0 Å². The molecular weight excluding hydrogens is 322 g/mol. The molecule has 0 atom stereocenters. The molecule has 26 heavy (non-hydrogen) atoms. The molecule has 1 aliphatic rings. The van der Waals surface area contributed by atoms with Crippen molar-refractivity contribution in [3.8, 4) is 0 Å². The fourth-order valence-corrected chi connectivity index (χ4v) is 3.49. The molecule has 0 unspecified atom stereocenters. The van der Waals surface area contributed by atoms with E-state index in [0.717, 1.165) is 50.6 Å². The first-order valence-electron chi connectivity index (χ1n) is 9.26. The summed E-state index contributed by atoms with van der Waals surface area (Å²) in [6, 6.07) is 17.2. The number of aromatic nitrogens is 1. The first kappa shape index (κ1) is 17.0. The van der Waals surface area contributed by atoms with Gasteiger partial charge in [0.25, 0.3) is 0 Å². The second-order valence-corrected chi connectivity index (χ2v) is 6.89. The molecule has 0 bridgehead atoms. The first-order chi connectivity index (χ1) is 12.8. The largest absolute Gasteiger partial charge is 0.380 e. The first-order valence-corrected chi connectivity index (χ1v) is 9.26. The van der Waals surface area contributed by atoms with Crippen LogP contribution in [0.4, 0.5) is 5.69 Å². The molecule has 1 aromatic heterocycles. The number of fused-ring (bicyclic) bond motifs is 1. The quantitative estimate of drug-likeness (QED) is 0.757. The molecule has 1 N–H and O–H groups in total. The van der Waals surface area contributed by atoms with Crippen LogP contribution in [0.15, 0.2) is 54.7 Å². The lowest BCUT2D eigenvalue weighted by Crippen LogP contribution is -2.35. The lowest BCUT2D eigenvalue weighted by atomic mass is 10.1. The summed E-state index contributed by atoms with van der Waals surface area (Å²) < 4.78 is 5.46. The van der Waals surface area contributed by atoms with Crippen LogP contribution in [0.2, 0.25) is 0 Å². The van der Waals surface area contributed by atoms with Gasteiger partial charge in [-0.2, -0.15) is 0 Å². The molecule has 134 valence electrons. The van der Waals surface area contributed by atoms with Gasteiger partial charge in [0.2, 0.25) is 0 Å². The van der Waals surface area contributed by atoms with Gasteiger partial charge in [-0.3, -0.25) is 9.88 Å². The summed E-state index contributed by atoms with van der Waals surface area (Å²) in [6.45, 7) is 7.61. The number of hydrogen-bond donors (Lipinski definition) is 1. The third-order valence-corrected chi connectivity index (χ3v) is 4.98. The van der Waals surface area contributed by atoms with Crippen LogP contribution in [-0.2, 0) is 17.8 Å². The van der Waals surface area contributed by atoms with Crippen molar-refractivity contribution in [2.75, 3.05) is 31.6 Å². The number of hydrogen-bond acceptors (Lipinski definition) is 4. The molecule has 0 spiro atoms. The predicted molar refractivity (Wildman–Crippen MR) is 106 cm³/mol. The molecular formula is C22H25N3O. The zero-order chi connectivity index (χ0) is 17.8. The van der Waals surface area contributed by atoms with Gasteiger partial charge in [0.05, 0.1) is 18.7 Å². The van der Waals surface area contributed by atoms with E-state index in [0.29, 0.717) is 0 Å². The van der Waals surface area contributed by atoms with Gasteiger partial charge in [-0.15, -0.1) is 0 Å². The Labute approximate surface area is 154 Å². The molecule has 2 aromatic carbocycles. The van der Waals surface area contributed by atoms with Gasteiger partial charge in [-0.25, -0.2) is 0 Å². The van der Waals surface area contributed by atoms with E-state index < -0.39 is 0 Å². The minimum Gasteiger partial charge on any atom is -0.380 e. The summed E-state index contributed by atoms with van der Waals surface area (Å²) in [4.78, 5) is 6.94. The average Bonchev–Trinajstić information content (AvgIpc) is 2.68. The highest BCUT2D eigenvalue weighted by Crippen LogP contribution is 2.24. The summed E-state index contributed by atoms with van der Waals surface area (Å²) >= 11 is 0. The summed E-state index contributed by atoms with van der Waals surface area (Å²) in [6.07, 6.45) is 1.87. The van der Waals surface area contributed by atoms with Gasteiger partial charge in [0, 0.05) is 43.4 Å². The number of anilines is 1. The van der Waals surface area contributed by atoms with E-state index in [2.05, 4.69) is 70.7 Å². The maximum atomic E-state index is 5.46. The second kappa shape index (κ2) is 7.85. The lowest BCUT2D eigenvalue weighted by molar-refractivity contribution is 0.0341. The zero-order valence-electron chi connectivity index (χ0n) is 15.2. The number of pyridine rings is 1. The van der Waals surface area contributed by atoms with Crippen LogP contribution >= 0.6 is 0 Å². The molecule has 1 saturated heterocycles. The van der Waals surface area contributed by atoms with E-state index in [1.54, 1.807) is 0 Å². The smallest absolute Gasteiger partial charge is 0.0722 e. The third kappa shape index (κ3) is 3.87. The summed E-state index contributed by atoms with van der Waals surface area (Å²) in [5.74, 6) is 0. The Kier molecular flexibility index (Phi) is 5.14. The molecule has 1 fully saturated rings. The highest BCUT2D eigenvalue weighted by Gasteiger charge is 2.12. The van der Waals surface area contributed by atoms with Crippen molar-refractivity contribution in [3.05, 3.63) is 71.4 Å². The van der Waals surface area contributed by atoms with Crippen molar-refractivity contribution < 1.29 is 4.74 Å². The van der Waals surface area contributed by atoms with Crippen LogP contribution in [0.25, 0.3) is 10.9 Å². The molecule has 4 rings (SSSR count). The van der Waals surface area contributed by atoms with Crippen molar-refractivity contribution in [2.45, 2.75) is 20.0 Å². The number of nitrogens with one attached hydrogen (secondary N) is 1. The normalized spacial score (nSPS) is 15.3. The fourth-order valence-electron chi connectivity index (χ4n) is 3.49. The highest BCUT2D eigenvalue weighted by atomic mass is 16.5. The third-order valence-electron chi connectivity index (χ3n) is 4.98. The Morgan fingerprint density at radius 3 is 2.69 bits per heavy atom. The Hall–Kier alpha value is -2.43. The van der Waals surface area contributed by atoms with Crippen molar-refractivity contribution in [3.63, 3.8) is 0 Å². The van der Waals surface area contributed by atoms with E-state index in [4.69, 9.17) is 4.74 Å². The van der Waals surface area contributed by atoms with Crippen LogP contribution in [0.1, 0.15) is 16.7 Å². The molecule has 0 saturated carbocycles.